The Morgan fingerprint density at radius 1 is 1.47 bits per heavy atom. The van der Waals surface area contributed by atoms with E-state index in [0.29, 0.717) is 5.25 Å². The number of thioether (sulfide) groups is 1. The lowest BCUT2D eigenvalue weighted by Crippen LogP contribution is -2.22. The van der Waals surface area contributed by atoms with Crippen molar-refractivity contribution in [1.82, 2.24) is 5.32 Å². The Labute approximate surface area is 109 Å². The van der Waals surface area contributed by atoms with Crippen LogP contribution in [0.3, 0.4) is 0 Å². The summed E-state index contributed by atoms with van der Waals surface area (Å²) in [4.78, 5) is 0. The zero-order chi connectivity index (χ0) is 11.9. The van der Waals surface area contributed by atoms with E-state index in [1.54, 1.807) is 6.26 Å². The van der Waals surface area contributed by atoms with Gasteiger partial charge in [-0.25, -0.2) is 0 Å². The minimum Gasteiger partial charge on any atom is -0.468 e. The van der Waals surface area contributed by atoms with Gasteiger partial charge >= 0.3 is 0 Å². The number of furan rings is 1. The highest BCUT2D eigenvalue weighted by molar-refractivity contribution is 7.99. The molecule has 96 valence electrons. The van der Waals surface area contributed by atoms with Crippen molar-refractivity contribution in [2.45, 2.75) is 44.4 Å². The summed E-state index contributed by atoms with van der Waals surface area (Å²) >= 11 is 2.12. The molecule has 1 heterocycles. The molecule has 1 aliphatic carbocycles. The van der Waals surface area contributed by atoms with Gasteiger partial charge in [-0.05, 0) is 36.6 Å². The van der Waals surface area contributed by atoms with Crippen molar-refractivity contribution in [3.63, 3.8) is 0 Å². The summed E-state index contributed by atoms with van der Waals surface area (Å²) in [5.41, 5.74) is 0. The summed E-state index contributed by atoms with van der Waals surface area (Å²) < 4.78 is 5.29. The van der Waals surface area contributed by atoms with Crippen LogP contribution in [-0.2, 0) is 6.54 Å². The van der Waals surface area contributed by atoms with Crippen LogP contribution in [0.5, 0.6) is 0 Å². The van der Waals surface area contributed by atoms with Gasteiger partial charge in [0.25, 0.3) is 0 Å². The molecule has 2 rings (SSSR count). The lowest BCUT2D eigenvalue weighted by molar-refractivity contribution is 0.484. The van der Waals surface area contributed by atoms with Crippen LogP contribution in [0, 0.1) is 5.92 Å². The maximum atomic E-state index is 5.29. The molecule has 17 heavy (non-hydrogen) atoms. The molecule has 1 saturated carbocycles. The van der Waals surface area contributed by atoms with Gasteiger partial charge in [-0.2, -0.15) is 11.8 Å². The van der Waals surface area contributed by atoms with Crippen molar-refractivity contribution < 1.29 is 4.42 Å². The van der Waals surface area contributed by atoms with Crippen molar-refractivity contribution in [1.29, 1.82) is 0 Å². The first kappa shape index (κ1) is 13.0. The topological polar surface area (TPSA) is 25.2 Å². The largest absolute Gasteiger partial charge is 0.468 e. The Morgan fingerprint density at radius 3 is 3.00 bits per heavy atom. The summed E-state index contributed by atoms with van der Waals surface area (Å²) in [5, 5.41) is 4.15. The van der Waals surface area contributed by atoms with Crippen LogP contribution in [-0.4, -0.2) is 17.5 Å². The van der Waals surface area contributed by atoms with Gasteiger partial charge in [0.15, 0.2) is 0 Å². The van der Waals surface area contributed by atoms with E-state index in [1.165, 1.54) is 31.4 Å². The minimum absolute atomic E-state index is 0.700. The van der Waals surface area contributed by atoms with Gasteiger partial charge in [0.2, 0.25) is 0 Å². The molecule has 0 aromatic carbocycles. The van der Waals surface area contributed by atoms with E-state index in [2.05, 4.69) is 24.0 Å². The summed E-state index contributed by atoms with van der Waals surface area (Å²) in [6.07, 6.45) is 7.56. The van der Waals surface area contributed by atoms with Gasteiger partial charge < -0.3 is 9.73 Å². The molecule has 0 spiro atoms. The number of nitrogens with one attached hydrogen (secondary N) is 1. The van der Waals surface area contributed by atoms with Gasteiger partial charge in [-0.1, -0.05) is 19.8 Å². The van der Waals surface area contributed by atoms with Gasteiger partial charge in [-0.15, -0.1) is 0 Å². The van der Waals surface area contributed by atoms with Crippen LogP contribution in [0.15, 0.2) is 22.8 Å². The highest BCUT2D eigenvalue weighted by atomic mass is 32.2. The quantitative estimate of drug-likeness (QED) is 0.802. The third kappa shape index (κ3) is 4.76. The van der Waals surface area contributed by atoms with E-state index in [9.17, 15) is 0 Å². The molecule has 1 unspecified atom stereocenters. The fourth-order valence-electron chi connectivity index (χ4n) is 2.35. The van der Waals surface area contributed by atoms with Crippen molar-refractivity contribution >= 4 is 11.8 Å². The monoisotopic (exact) mass is 253 g/mol. The molecule has 1 N–H and O–H groups in total. The van der Waals surface area contributed by atoms with Gasteiger partial charge in [0, 0.05) is 11.8 Å². The molecule has 0 saturated heterocycles. The standard InChI is InChI=1S/C14H23NOS/c1-12(17-11-13-5-2-3-6-13)9-15-10-14-7-4-8-16-14/h4,7-8,12-13,15H,2-3,5-6,9-11H2,1H3. The molecule has 1 fully saturated rings. The maximum absolute atomic E-state index is 5.29. The van der Waals surface area contributed by atoms with Crippen molar-refractivity contribution in [3.05, 3.63) is 24.2 Å². The average Bonchev–Trinajstić information content (AvgIpc) is 2.99. The highest BCUT2D eigenvalue weighted by Crippen LogP contribution is 2.29. The molecule has 0 aliphatic heterocycles. The molecular formula is C14H23NOS. The Hall–Kier alpha value is -0.410. The SMILES string of the molecule is CC(CNCc1ccco1)SCC1CCCC1. The predicted octanol–water partition coefficient (Wildman–Crippen LogP) is 3.68. The third-order valence-electron chi connectivity index (χ3n) is 3.40. The molecule has 1 aromatic heterocycles. The number of hydrogen-bond donors (Lipinski definition) is 1. The van der Waals surface area contributed by atoms with E-state index in [1.807, 2.05) is 12.1 Å². The van der Waals surface area contributed by atoms with Crippen LogP contribution < -0.4 is 5.32 Å². The fraction of sp³-hybridized carbons (Fsp3) is 0.714. The Bertz CT molecular complexity index is 293. The van der Waals surface area contributed by atoms with E-state index in [4.69, 9.17) is 4.42 Å². The zero-order valence-electron chi connectivity index (χ0n) is 10.7. The molecular weight excluding hydrogens is 230 g/mol. The smallest absolute Gasteiger partial charge is 0.117 e. The normalized spacial score (nSPS) is 18.6. The maximum Gasteiger partial charge on any atom is 0.117 e. The van der Waals surface area contributed by atoms with Crippen LogP contribution in [0.25, 0.3) is 0 Å². The first-order valence-corrected chi connectivity index (χ1v) is 7.74. The second-order valence-electron chi connectivity index (χ2n) is 5.00. The minimum atomic E-state index is 0.700. The van der Waals surface area contributed by atoms with Crippen molar-refractivity contribution in [2.75, 3.05) is 12.3 Å². The van der Waals surface area contributed by atoms with E-state index in [0.717, 1.165) is 24.8 Å². The van der Waals surface area contributed by atoms with Crippen LogP contribution in [0.1, 0.15) is 38.4 Å². The first-order valence-electron chi connectivity index (χ1n) is 6.69. The molecule has 2 nitrogen and oxygen atoms in total. The number of rotatable bonds is 7. The van der Waals surface area contributed by atoms with E-state index < -0.39 is 0 Å². The Balaban J connectivity index is 1.52. The van der Waals surface area contributed by atoms with Crippen molar-refractivity contribution in [3.8, 4) is 0 Å². The zero-order valence-corrected chi connectivity index (χ0v) is 11.5. The lowest BCUT2D eigenvalue weighted by Gasteiger charge is -2.14. The Morgan fingerprint density at radius 2 is 2.29 bits per heavy atom. The van der Waals surface area contributed by atoms with Gasteiger partial charge in [0.05, 0.1) is 12.8 Å². The summed E-state index contributed by atoms with van der Waals surface area (Å²) in [6.45, 7) is 4.23. The lowest BCUT2D eigenvalue weighted by atomic mass is 10.1. The summed E-state index contributed by atoms with van der Waals surface area (Å²) in [6, 6.07) is 3.96. The summed E-state index contributed by atoms with van der Waals surface area (Å²) in [7, 11) is 0. The van der Waals surface area contributed by atoms with Crippen LogP contribution in [0.2, 0.25) is 0 Å². The molecule has 0 amide bonds. The van der Waals surface area contributed by atoms with E-state index in [-0.39, 0.29) is 0 Å². The van der Waals surface area contributed by atoms with Crippen molar-refractivity contribution in [2.24, 2.45) is 5.92 Å². The molecule has 1 atom stereocenters. The third-order valence-corrected chi connectivity index (χ3v) is 4.80. The van der Waals surface area contributed by atoms with Gasteiger partial charge in [0.1, 0.15) is 5.76 Å². The molecule has 0 radical (unpaired) electrons. The molecule has 1 aromatic rings. The summed E-state index contributed by atoms with van der Waals surface area (Å²) in [5.74, 6) is 3.37. The molecule has 3 heteroatoms. The fourth-order valence-corrected chi connectivity index (χ4v) is 3.52. The number of hydrogen-bond acceptors (Lipinski definition) is 3. The Kier molecular flexibility index (Phi) is 5.46. The highest BCUT2D eigenvalue weighted by Gasteiger charge is 2.15. The molecule has 1 aliphatic rings. The van der Waals surface area contributed by atoms with E-state index >= 15 is 0 Å². The average molecular weight is 253 g/mol. The molecule has 0 bridgehead atoms. The second-order valence-corrected chi connectivity index (χ2v) is 6.48. The van der Waals surface area contributed by atoms with Crippen LogP contribution >= 0.6 is 11.8 Å². The second kappa shape index (κ2) is 7.12. The van der Waals surface area contributed by atoms with Gasteiger partial charge in [-0.3, -0.25) is 0 Å². The predicted molar refractivity (Wildman–Crippen MR) is 74.3 cm³/mol. The first-order chi connectivity index (χ1) is 8.34. The van der Waals surface area contributed by atoms with Crippen LogP contribution in [0.4, 0.5) is 0 Å².